The largest absolute Gasteiger partial charge is 0.369 e. The molecule has 0 bridgehead atoms. The zero-order valence-electron chi connectivity index (χ0n) is 17.9. The first-order valence-electron chi connectivity index (χ1n) is 10.7. The summed E-state index contributed by atoms with van der Waals surface area (Å²) < 4.78 is 0. The maximum absolute atomic E-state index is 12.6. The molecule has 1 aromatic heterocycles. The number of carbonyl (C=O) groups is 2. The maximum atomic E-state index is 12.6. The fourth-order valence-electron chi connectivity index (χ4n) is 4.14. The van der Waals surface area contributed by atoms with Gasteiger partial charge >= 0.3 is 0 Å². The summed E-state index contributed by atoms with van der Waals surface area (Å²) in [6.45, 7) is 4.15. The molecule has 1 saturated heterocycles. The predicted octanol–water partition coefficient (Wildman–Crippen LogP) is 3.16. The predicted molar refractivity (Wildman–Crippen MR) is 126 cm³/mol. The summed E-state index contributed by atoms with van der Waals surface area (Å²) in [5, 5.41) is 5.65. The first kappa shape index (κ1) is 20.1. The molecule has 2 aliphatic heterocycles. The van der Waals surface area contributed by atoms with E-state index in [0.29, 0.717) is 16.7 Å². The molecule has 3 heterocycles. The Morgan fingerprint density at radius 1 is 0.875 bits per heavy atom. The smallest absolute Gasteiger partial charge is 0.260 e. The highest BCUT2D eigenvalue weighted by Crippen LogP contribution is 2.30. The van der Waals surface area contributed by atoms with Crippen molar-refractivity contribution in [3.63, 3.8) is 0 Å². The second-order valence-electron chi connectivity index (χ2n) is 8.18. The average Bonchev–Trinajstić information content (AvgIpc) is 3.35. The molecule has 0 atom stereocenters. The highest BCUT2D eigenvalue weighted by molar-refractivity contribution is 6.31. The van der Waals surface area contributed by atoms with Crippen LogP contribution in [0.4, 0.5) is 11.4 Å². The lowest BCUT2D eigenvalue weighted by molar-refractivity contribution is -0.114. The molecule has 2 aromatic carbocycles. The molecule has 0 unspecified atom stereocenters. The number of aromatic amines is 1. The Hall–Kier alpha value is -3.84. The third kappa shape index (κ3) is 3.90. The summed E-state index contributed by atoms with van der Waals surface area (Å²) in [7, 11) is 2.15. The van der Waals surface area contributed by atoms with Gasteiger partial charge in [0.05, 0.1) is 5.57 Å². The van der Waals surface area contributed by atoms with Crippen molar-refractivity contribution in [2.75, 3.05) is 43.4 Å². The molecule has 32 heavy (non-hydrogen) atoms. The van der Waals surface area contributed by atoms with Crippen LogP contribution in [0, 0.1) is 0 Å². The molecule has 2 amide bonds. The van der Waals surface area contributed by atoms with Crippen molar-refractivity contribution in [1.29, 1.82) is 0 Å². The molecule has 0 spiro atoms. The van der Waals surface area contributed by atoms with Gasteiger partial charge < -0.3 is 20.1 Å². The van der Waals surface area contributed by atoms with Crippen LogP contribution in [0.25, 0.3) is 16.7 Å². The molecule has 1 fully saturated rings. The van der Waals surface area contributed by atoms with Crippen LogP contribution in [0.2, 0.25) is 0 Å². The zero-order chi connectivity index (χ0) is 22.1. The molecule has 7 heteroatoms. The Morgan fingerprint density at radius 3 is 2.38 bits per heavy atom. The third-order valence-corrected chi connectivity index (χ3v) is 6.08. The number of nitrogens with one attached hydrogen (secondary N) is 3. The molecule has 0 radical (unpaired) electrons. The van der Waals surface area contributed by atoms with Crippen LogP contribution in [0.15, 0.2) is 67.1 Å². The van der Waals surface area contributed by atoms with E-state index in [1.165, 1.54) is 5.69 Å². The normalized spacial score (nSPS) is 17.9. The Labute approximate surface area is 186 Å². The van der Waals surface area contributed by atoms with Crippen molar-refractivity contribution in [3.8, 4) is 11.1 Å². The second-order valence-corrected chi connectivity index (χ2v) is 8.18. The number of imide groups is 1. The lowest BCUT2D eigenvalue weighted by Crippen LogP contribution is -2.44. The number of aromatic nitrogens is 1. The number of benzene rings is 2. The monoisotopic (exact) mass is 427 g/mol. The third-order valence-electron chi connectivity index (χ3n) is 6.08. The van der Waals surface area contributed by atoms with Crippen molar-refractivity contribution >= 4 is 28.8 Å². The van der Waals surface area contributed by atoms with Gasteiger partial charge in [0.25, 0.3) is 11.8 Å². The van der Waals surface area contributed by atoms with Crippen LogP contribution in [-0.2, 0) is 4.79 Å². The average molecular weight is 428 g/mol. The summed E-state index contributed by atoms with van der Waals surface area (Å²) in [6.07, 6.45) is 5.40. The summed E-state index contributed by atoms with van der Waals surface area (Å²) >= 11 is 0. The van der Waals surface area contributed by atoms with E-state index in [1.807, 2.05) is 42.7 Å². The van der Waals surface area contributed by atoms with Crippen LogP contribution in [0.5, 0.6) is 0 Å². The van der Waals surface area contributed by atoms with Crippen LogP contribution >= 0.6 is 0 Å². The first-order valence-corrected chi connectivity index (χ1v) is 10.7. The Bertz CT molecular complexity index is 1170. The number of H-pyrrole nitrogens is 1. The number of piperazine rings is 1. The molecule has 7 nitrogen and oxygen atoms in total. The van der Waals surface area contributed by atoms with E-state index in [9.17, 15) is 9.59 Å². The highest BCUT2D eigenvalue weighted by Gasteiger charge is 2.27. The Balaban J connectivity index is 1.39. The van der Waals surface area contributed by atoms with Gasteiger partial charge in [-0.05, 0) is 60.6 Å². The lowest BCUT2D eigenvalue weighted by atomic mass is 9.92. The number of carbonyl (C=O) groups excluding carboxylic acids is 2. The fraction of sp³-hybridized carbons (Fsp3) is 0.200. The molecule has 162 valence electrons. The molecular formula is C25H25N5O2. The van der Waals surface area contributed by atoms with E-state index in [4.69, 9.17) is 0 Å². The van der Waals surface area contributed by atoms with E-state index >= 15 is 0 Å². The topological polar surface area (TPSA) is 80.5 Å². The minimum Gasteiger partial charge on any atom is -0.369 e. The molecule has 0 aliphatic carbocycles. The fourth-order valence-corrected chi connectivity index (χ4v) is 4.14. The van der Waals surface area contributed by atoms with Crippen LogP contribution in [-0.4, -0.2) is 54.9 Å². The van der Waals surface area contributed by atoms with E-state index in [2.05, 4.69) is 44.6 Å². The molecular weight excluding hydrogens is 402 g/mol. The summed E-state index contributed by atoms with van der Waals surface area (Å²) in [6, 6.07) is 15.7. The Morgan fingerprint density at radius 2 is 1.66 bits per heavy atom. The molecule has 3 aromatic rings. The standard InChI is InChI=1S/C25H25N5O2/c1-29-10-12-30(13-11-29)20-5-3-19(4-6-20)27-16-23-22-14-17(18-8-9-26-15-18)2-7-21(22)24(31)28-25(23)32/h2-9,14-16,26-27H,10-13H2,1H3,(H,28,31,32). The minimum atomic E-state index is -0.407. The molecule has 3 N–H and O–H groups in total. The van der Waals surface area contributed by atoms with E-state index in [1.54, 1.807) is 12.3 Å². The number of nitrogens with zero attached hydrogens (tertiary/aromatic N) is 2. The van der Waals surface area contributed by atoms with Crippen molar-refractivity contribution in [2.45, 2.75) is 0 Å². The second kappa shape index (κ2) is 8.36. The van der Waals surface area contributed by atoms with Crippen LogP contribution in [0.1, 0.15) is 15.9 Å². The minimum absolute atomic E-state index is 0.376. The van der Waals surface area contributed by atoms with Crippen LogP contribution in [0.3, 0.4) is 0 Å². The summed E-state index contributed by atoms with van der Waals surface area (Å²) in [4.78, 5) is 32.7. The highest BCUT2D eigenvalue weighted by atomic mass is 16.2. The molecule has 0 saturated carbocycles. The number of hydrogen-bond donors (Lipinski definition) is 3. The van der Waals surface area contributed by atoms with Crippen molar-refractivity contribution in [2.24, 2.45) is 0 Å². The van der Waals surface area contributed by atoms with Gasteiger partial charge in [-0.15, -0.1) is 0 Å². The summed E-state index contributed by atoms with van der Waals surface area (Å²) in [5.41, 5.74) is 5.55. The van der Waals surface area contributed by atoms with Crippen LogP contribution < -0.4 is 15.5 Å². The quantitative estimate of drug-likeness (QED) is 0.440. The number of hydrogen-bond acceptors (Lipinski definition) is 5. The number of fused-ring (bicyclic) bond motifs is 1. The number of amides is 2. The maximum Gasteiger partial charge on any atom is 0.260 e. The van der Waals surface area contributed by atoms with Crippen molar-refractivity contribution in [3.05, 3.63) is 78.3 Å². The number of rotatable bonds is 4. The van der Waals surface area contributed by atoms with Gasteiger partial charge in [-0.25, -0.2) is 0 Å². The summed E-state index contributed by atoms with van der Waals surface area (Å²) in [5.74, 6) is -0.783. The number of likely N-dealkylation sites (N-methyl/N-ethyl adjacent to an activating group) is 1. The van der Waals surface area contributed by atoms with Gasteiger partial charge in [0.2, 0.25) is 0 Å². The first-order chi connectivity index (χ1) is 15.6. The SMILES string of the molecule is CN1CCN(c2ccc(NC=C3C(=O)NC(=O)c4ccc(-c5cc[nH]c5)cc43)cc2)CC1. The van der Waals surface area contributed by atoms with Gasteiger partial charge in [0.1, 0.15) is 0 Å². The number of anilines is 2. The van der Waals surface area contributed by atoms with Gasteiger partial charge in [0.15, 0.2) is 0 Å². The van der Waals surface area contributed by atoms with E-state index < -0.39 is 5.91 Å². The van der Waals surface area contributed by atoms with Gasteiger partial charge in [-0.1, -0.05) is 6.07 Å². The zero-order valence-corrected chi connectivity index (χ0v) is 17.9. The molecule has 2 aliphatic rings. The van der Waals surface area contributed by atoms with Gasteiger partial charge in [-0.2, -0.15) is 0 Å². The van der Waals surface area contributed by atoms with E-state index in [-0.39, 0.29) is 5.91 Å². The Kier molecular flexibility index (Phi) is 5.25. The van der Waals surface area contributed by atoms with E-state index in [0.717, 1.165) is 43.0 Å². The van der Waals surface area contributed by atoms with Crippen molar-refractivity contribution in [1.82, 2.24) is 15.2 Å². The van der Waals surface area contributed by atoms with Gasteiger partial charge in [-0.3, -0.25) is 14.9 Å². The molecule has 5 rings (SSSR count). The van der Waals surface area contributed by atoms with Crippen molar-refractivity contribution < 1.29 is 9.59 Å². The lowest BCUT2D eigenvalue weighted by Gasteiger charge is -2.34. The van der Waals surface area contributed by atoms with Gasteiger partial charge in [0, 0.05) is 67.3 Å².